The summed E-state index contributed by atoms with van der Waals surface area (Å²) in [6.07, 6.45) is 5.20. The molecule has 0 N–H and O–H groups in total. The second-order valence-electron chi connectivity index (χ2n) is 7.03. The number of carbonyl (C=O) groups excluding carboxylic acids is 1. The molecule has 3 heterocycles. The molecule has 0 aliphatic carbocycles. The van der Waals surface area contributed by atoms with Crippen molar-refractivity contribution in [2.24, 2.45) is 0 Å². The van der Waals surface area contributed by atoms with Crippen LogP contribution in [0.3, 0.4) is 0 Å². The van der Waals surface area contributed by atoms with Gasteiger partial charge in [-0.05, 0) is 31.5 Å². The first-order valence-electron chi connectivity index (χ1n) is 9.82. The molecule has 0 amide bonds. The van der Waals surface area contributed by atoms with E-state index in [1.807, 2.05) is 42.0 Å². The van der Waals surface area contributed by atoms with E-state index in [-0.39, 0.29) is 12.2 Å². The number of fused-ring (bicyclic) bond motifs is 1. The zero-order valence-electron chi connectivity index (χ0n) is 17.5. The Morgan fingerprint density at radius 3 is 2.65 bits per heavy atom. The summed E-state index contributed by atoms with van der Waals surface area (Å²) in [7, 11) is 1.65. The number of nitrogens with zero attached hydrogens (tertiary/aromatic N) is 5. The predicted molar refractivity (Wildman–Crippen MR) is 117 cm³/mol. The monoisotopic (exact) mass is 439 g/mol. The van der Waals surface area contributed by atoms with Crippen molar-refractivity contribution in [1.82, 2.24) is 24.3 Å². The van der Waals surface area contributed by atoms with E-state index in [0.29, 0.717) is 34.8 Å². The highest BCUT2D eigenvalue weighted by molar-refractivity contribution is 6.38. The molecule has 0 bridgehead atoms. The first-order valence-corrected chi connectivity index (χ1v) is 10.2. The summed E-state index contributed by atoms with van der Waals surface area (Å²) in [5, 5.41) is 5.51. The zero-order valence-corrected chi connectivity index (χ0v) is 18.3. The Morgan fingerprint density at radius 2 is 1.94 bits per heavy atom. The lowest BCUT2D eigenvalue weighted by molar-refractivity contribution is 0.0526. The molecule has 4 rings (SSSR count). The fourth-order valence-electron chi connectivity index (χ4n) is 3.41. The van der Waals surface area contributed by atoms with Crippen LogP contribution in [-0.4, -0.2) is 44.0 Å². The Balaban J connectivity index is 1.56. The van der Waals surface area contributed by atoms with Gasteiger partial charge in [0.15, 0.2) is 5.65 Å². The van der Waals surface area contributed by atoms with Crippen LogP contribution < -0.4 is 4.74 Å². The smallest absolute Gasteiger partial charge is 0.341 e. The van der Waals surface area contributed by atoms with E-state index in [0.717, 1.165) is 17.0 Å². The van der Waals surface area contributed by atoms with Gasteiger partial charge in [0, 0.05) is 18.9 Å². The van der Waals surface area contributed by atoms with Crippen LogP contribution >= 0.6 is 11.6 Å². The summed E-state index contributed by atoms with van der Waals surface area (Å²) in [5.41, 5.74) is 3.51. The van der Waals surface area contributed by atoms with Gasteiger partial charge in [-0.15, -0.1) is 0 Å². The molecule has 1 aromatic carbocycles. The molecule has 31 heavy (non-hydrogen) atoms. The third-order valence-electron chi connectivity index (χ3n) is 4.89. The molecule has 0 radical (unpaired) electrons. The summed E-state index contributed by atoms with van der Waals surface area (Å²) >= 11 is 6.49. The van der Waals surface area contributed by atoms with Crippen LogP contribution in [-0.2, 0) is 17.8 Å². The summed E-state index contributed by atoms with van der Waals surface area (Å²) < 4.78 is 14.0. The molecule has 8 nitrogen and oxygen atoms in total. The maximum absolute atomic E-state index is 12.1. The largest absolute Gasteiger partial charge is 0.497 e. The van der Waals surface area contributed by atoms with Gasteiger partial charge in [0.1, 0.15) is 5.75 Å². The molecular weight excluding hydrogens is 418 g/mol. The van der Waals surface area contributed by atoms with Crippen LogP contribution in [0, 0.1) is 6.92 Å². The molecule has 0 saturated heterocycles. The number of hydrogen-bond acceptors (Lipinski definition) is 6. The average molecular weight is 440 g/mol. The molecule has 160 valence electrons. The lowest BCUT2D eigenvalue weighted by Crippen LogP contribution is -2.07. The number of rotatable bonds is 7. The number of hydrogen-bond donors (Lipinski definition) is 0. The van der Waals surface area contributed by atoms with Gasteiger partial charge in [-0.1, -0.05) is 23.7 Å². The first kappa shape index (κ1) is 20.9. The third kappa shape index (κ3) is 4.25. The van der Waals surface area contributed by atoms with Crippen molar-refractivity contribution in [2.75, 3.05) is 13.7 Å². The van der Waals surface area contributed by atoms with Gasteiger partial charge in [-0.3, -0.25) is 0 Å². The Morgan fingerprint density at radius 1 is 1.16 bits per heavy atom. The highest BCUT2D eigenvalue weighted by Crippen LogP contribution is 2.29. The van der Waals surface area contributed by atoms with Gasteiger partial charge in [0.2, 0.25) is 0 Å². The summed E-state index contributed by atoms with van der Waals surface area (Å²) in [6.45, 7) is 4.98. The Kier molecular flexibility index (Phi) is 5.90. The second-order valence-corrected chi connectivity index (χ2v) is 7.41. The third-order valence-corrected chi connectivity index (χ3v) is 5.28. The fraction of sp³-hybridized carbons (Fsp3) is 0.273. The lowest BCUT2D eigenvalue weighted by Gasteiger charge is -2.06. The number of pyridine rings is 1. The van der Waals surface area contributed by atoms with E-state index in [1.54, 1.807) is 25.0 Å². The maximum atomic E-state index is 12.1. The highest BCUT2D eigenvalue weighted by Gasteiger charge is 2.20. The number of esters is 1. The van der Waals surface area contributed by atoms with Crippen molar-refractivity contribution in [1.29, 1.82) is 0 Å². The van der Waals surface area contributed by atoms with Crippen molar-refractivity contribution in [3.8, 4) is 5.75 Å². The van der Waals surface area contributed by atoms with Crippen LogP contribution in [0.15, 0.2) is 43.0 Å². The van der Waals surface area contributed by atoms with E-state index < -0.39 is 5.97 Å². The topological polar surface area (TPSA) is 84.1 Å². The van der Waals surface area contributed by atoms with E-state index in [1.165, 1.54) is 6.20 Å². The molecule has 0 spiro atoms. The fourth-order valence-corrected chi connectivity index (χ4v) is 3.75. The Bertz CT molecular complexity index is 1230. The molecule has 3 aromatic heterocycles. The first-order chi connectivity index (χ1) is 15.0. The molecule has 0 aliphatic heterocycles. The van der Waals surface area contributed by atoms with Gasteiger partial charge < -0.3 is 14.0 Å². The van der Waals surface area contributed by atoms with Gasteiger partial charge in [0.05, 0.1) is 53.9 Å². The van der Waals surface area contributed by atoms with Gasteiger partial charge >= 0.3 is 5.97 Å². The van der Waals surface area contributed by atoms with Gasteiger partial charge in [-0.25, -0.2) is 19.4 Å². The van der Waals surface area contributed by atoms with Crippen molar-refractivity contribution < 1.29 is 14.3 Å². The van der Waals surface area contributed by atoms with Crippen molar-refractivity contribution in [3.63, 3.8) is 0 Å². The number of methoxy groups -OCH3 is 1. The lowest BCUT2D eigenvalue weighted by atomic mass is 10.2. The van der Waals surface area contributed by atoms with E-state index in [4.69, 9.17) is 21.1 Å². The number of carbonyl (C=O) groups is 1. The minimum atomic E-state index is -0.494. The molecule has 0 unspecified atom stereocenters. The van der Waals surface area contributed by atoms with Gasteiger partial charge in [-0.2, -0.15) is 5.10 Å². The molecule has 4 aromatic rings. The molecule has 0 fully saturated rings. The quantitative estimate of drug-likeness (QED) is 0.406. The van der Waals surface area contributed by atoms with E-state index >= 15 is 0 Å². The molecule has 9 heteroatoms. The van der Waals surface area contributed by atoms with Crippen LogP contribution in [0.5, 0.6) is 5.75 Å². The summed E-state index contributed by atoms with van der Waals surface area (Å²) in [4.78, 5) is 21.0. The molecule has 0 saturated carbocycles. The zero-order chi connectivity index (χ0) is 22.0. The Labute approximate surface area is 184 Å². The Hall–Kier alpha value is -3.39. The normalized spacial score (nSPS) is 11.1. The molecule has 0 aliphatic rings. The van der Waals surface area contributed by atoms with Crippen LogP contribution in [0.4, 0.5) is 0 Å². The molecular formula is C22H22ClN5O3. The predicted octanol–water partition coefficient (Wildman–Crippen LogP) is 3.87. The van der Waals surface area contributed by atoms with Crippen LogP contribution in [0.25, 0.3) is 11.0 Å². The van der Waals surface area contributed by atoms with E-state index in [2.05, 4.69) is 15.1 Å². The number of ether oxygens (including phenoxy) is 2. The maximum Gasteiger partial charge on any atom is 0.341 e. The number of imidazole rings is 1. The molecule has 0 atom stereocenters. The number of benzene rings is 1. The number of halogens is 1. The van der Waals surface area contributed by atoms with Crippen LogP contribution in [0.1, 0.15) is 34.2 Å². The minimum absolute atomic E-state index is 0.238. The van der Waals surface area contributed by atoms with Gasteiger partial charge in [0.25, 0.3) is 0 Å². The second kappa shape index (κ2) is 8.77. The van der Waals surface area contributed by atoms with Crippen molar-refractivity contribution in [2.45, 2.75) is 26.9 Å². The van der Waals surface area contributed by atoms with E-state index in [9.17, 15) is 4.79 Å². The number of aryl methyl sites for hydroxylation is 1. The highest BCUT2D eigenvalue weighted by atomic mass is 35.5. The van der Waals surface area contributed by atoms with Crippen molar-refractivity contribution >= 4 is 28.6 Å². The summed E-state index contributed by atoms with van der Waals surface area (Å²) in [6, 6.07) is 7.92. The minimum Gasteiger partial charge on any atom is -0.497 e. The average Bonchev–Trinajstić information content (AvgIpc) is 3.33. The standard InChI is InChI=1S/C22H22ClN5O3/c1-4-31-22(29)18-9-24-21-19(20(18)23)14(2)26-28(21)12-16-11-27(13-25-16)10-15-5-7-17(30-3)8-6-15/h5-9,11,13H,4,10,12H2,1-3H3. The van der Waals surface area contributed by atoms with Crippen molar-refractivity contribution in [3.05, 3.63) is 70.5 Å². The SMILES string of the molecule is CCOC(=O)c1cnc2c(c(C)nn2Cc2cn(Cc3ccc(OC)cc3)cn2)c1Cl. The summed E-state index contributed by atoms with van der Waals surface area (Å²) in [5.74, 6) is 0.333. The number of aromatic nitrogens is 5. The van der Waals surface area contributed by atoms with Crippen LogP contribution in [0.2, 0.25) is 5.02 Å².